The first-order chi connectivity index (χ1) is 14.3. The number of fused-ring (bicyclic) bond motifs is 1. The molecule has 0 saturated heterocycles. The number of nitrogens with one attached hydrogen (secondary N) is 1. The Balaban J connectivity index is 1.51. The van der Waals surface area contributed by atoms with Gasteiger partial charge in [0.1, 0.15) is 5.56 Å². The van der Waals surface area contributed by atoms with E-state index < -0.39 is 34.3 Å². The number of rotatable bonds is 8. The lowest BCUT2D eigenvalue weighted by molar-refractivity contribution is -0.385. The third-order valence-electron chi connectivity index (χ3n) is 5.75. The number of nitro benzene ring substituents is 1. The number of hydrogen-bond donors (Lipinski definition) is 2. The van der Waals surface area contributed by atoms with Crippen molar-refractivity contribution in [2.45, 2.75) is 38.5 Å². The monoisotopic (exact) mass is 417 g/mol. The highest BCUT2D eigenvalue weighted by Crippen LogP contribution is 2.31. The molecule has 1 aromatic rings. The molecular weight excluding hydrogens is 394 g/mol. The fraction of sp³-hybridized carbons (Fsp3) is 0.500. The molecule has 10 nitrogen and oxygen atoms in total. The predicted octanol–water partition coefficient (Wildman–Crippen LogP) is 1.98. The molecule has 2 atom stereocenters. The van der Waals surface area contributed by atoms with Crippen molar-refractivity contribution in [2.75, 3.05) is 13.1 Å². The van der Waals surface area contributed by atoms with E-state index in [4.69, 9.17) is 0 Å². The maximum absolute atomic E-state index is 12.5. The van der Waals surface area contributed by atoms with Crippen LogP contribution < -0.4 is 5.32 Å². The highest BCUT2D eigenvalue weighted by atomic mass is 16.6. The van der Waals surface area contributed by atoms with Crippen LogP contribution in [-0.4, -0.2) is 51.7 Å². The van der Waals surface area contributed by atoms with Crippen LogP contribution in [0.2, 0.25) is 0 Å². The summed E-state index contributed by atoms with van der Waals surface area (Å²) in [5.74, 6) is -3.01. The molecule has 0 spiro atoms. The average molecular weight is 417 g/mol. The van der Waals surface area contributed by atoms with Crippen molar-refractivity contribution >= 4 is 29.4 Å². The van der Waals surface area contributed by atoms with E-state index in [-0.39, 0.29) is 48.9 Å². The van der Waals surface area contributed by atoms with Crippen LogP contribution in [0.3, 0.4) is 0 Å². The topological polar surface area (TPSA) is 147 Å². The second-order valence-corrected chi connectivity index (χ2v) is 7.62. The fourth-order valence-corrected chi connectivity index (χ4v) is 4.18. The molecule has 1 saturated carbocycles. The quantitative estimate of drug-likeness (QED) is 0.373. The van der Waals surface area contributed by atoms with Gasteiger partial charge in [-0.25, -0.2) is 0 Å². The molecule has 0 radical (unpaired) electrons. The number of carbonyl (C=O) groups is 4. The Morgan fingerprint density at radius 3 is 2.63 bits per heavy atom. The van der Waals surface area contributed by atoms with Gasteiger partial charge in [0.05, 0.1) is 16.4 Å². The van der Waals surface area contributed by atoms with E-state index in [1.54, 1.807) is 0 Å². The zero-order chi connectivity index (χ0) is 21.8. The van der Waals surface area contributed by atoms with E-state index in [2.05, 4.69) is 5.32 Å². The van der Waals surface area contributed by atoms with Crippen LogP contribution in [0.1, 0.15) is 59.2 Å². The number of carbonyl (C=O) groups excluding carboxylic acids is 3. The number of amides is 3. The smallest absolute Gasteiger partial charge is 0.306 e. The zero-order valence-electron chi connectivity index (χ0n) is 16.3. The number of nitrogens with zero attached hydrogens (tertiary/aromatic N) is 2. The molecular formula is C20H23N3O7. The third-order valence-corrected chi connectivity index (χ3v) is 5.75. The van der Waals surface area contributed by atoms with Crippen LogP contribution in [0.25, 0.3) is 0 Å². The maximum Gasteiger partial charge on any atom is 0.306 e. The zero-order valence-corrected chi connectivity index (χ0v) is 16.3. The van der Waals surface area contributed by atoms with Gasteiger partial charge in [-0.1, -0.05) is 18.9 Å². The van der Waals surface area contributed by atoms with Crippen molar-refractivity contribution < 1.29 is 29.2 Å². The summed E-state index contributed by atoms with van der Waals surface area (Å²) in [6.07, 6.45) is 3.45. The van der Waals surface area contributed by atoms with E-state index in [1.165, 1.54) is 18.2 Å². The minimum Gasteiger partial charge on any atom is -0.481 e. The van der Waals surface area contributed by atoms with Gasteiger partial charge in [0.2, 0.25) is 5.91 Å². The molecule has 1 aliphatic heterocycles. The lowest BCUT2D eigenvalue weighted by atomic mass is 9.79. The van der Waals surface area contributed by atoms with Crippen molar-refractivity contribution in [1.82, 2.24) is 10.2 Å². The number of benzene rings is 1. The van der Waals surface area contributed by atoms with Crippen LogP contribution in [0, 0.1) is 22.0 Å². The van der Waals surface area contributed by atoms with Crippen LogP contribution in [-0.2, 0) is 9.59 Å². The van der Waals surface area contributed by atoms with Gasteiger partial charge in [-0.3, -0.25) is 34.2 Å². The van der Waals surface area contributed by atoms with Gasteiger partial charge in [-0.05, 0) is 31.2 Å². The summed E-state index contributed by atoms with van der Waals surface area (Å²) in [6, 6.07) is 3.91. The molecule has 2 aliphatic rings. The third kappa shape index (κ3) is 4.32. The Morgan fingerprint density at radius 1 is 1.20 bits per heavy atom. The highest BCUT2D eigenvalue weighted by molar-refractivity contribution is 6.23. The average Bonchev–Trinajstić information content (AvgIpc) is 2.97. The molecule has 10 heteroatoms. The molecule has 3 rings (SSSR count). The molecule has 0 bridgehead atoms. The molecule has 30 heavy (non-hydrogen) atoms. The maximum atomic E-state index is 12.5. The Kier molecular flexibility index (Phi) is 6.43. The summed E-state index contributed by atoms with van der Waals surface area (Å²) in [5.41, 5.74) is -0.629. The number of nitro groups is 1. The van der Waals surface area contributed by atoms with E-state index in [0.717, 1.165) is 24.2 Å². The lowest BCUT2D eigenvalue weighted by Gasteiger charge is -2.28. The number of hydrogen-bond acceptors (Lipinski definition) is 6. The van der Waals surface area contributed by atoms with E-state index in [1.807, 2.05) is 0 Å². The highest BCUT2D eigenvalue weighted by Gasteiger charge is 2.40. The molecule has 3 amide bonds. The Morgan fingerprint density at radius 2 is 1.93 bits per heavy atom. The lowest BCUT2D eigenvalue weighted by Crippen LogP contribution is -2.37. The molecule has 2 N–H and O–H groups in total. The number of aliphatic carboxylic acids is 1. The van der Waals surface area contributed by atoms with Crippen molar-refractivity contribution in [2.24, 2.45) is 11.8 Å². The van der Waals surface area contributed by atoms with Crippen LogP contribution in [0.15, 0.2) is 18.2 Å². The molecule has 1 fully saturated rings. The van der Waals surface area contributed by atoms with Crippen molar-refractivity contribution in [3.63, 3.8) is 0 Å². The van der Waals surface area contributed by atoms with E-state index >= 15 is 0 Å². The van der Waals surface area contributed by atoms with Crippen molar-refractivity contribution in [3.8, 4) is 0 Å². The molecule has 0 unspecified atom stereocenters. The summed E-state index contributed by atoms with van der Waals surface area (Å²) >= 11 is 0. The second kappa shape index (κ2) is 9.02. The largest absolute Gasteiger partial charge is 0.481 e. The van der Waals surface area contributed by atoms with Gasteiger partial charge in [0, 0.05) is 25.6 Å². The van der Waals surface area contributed by atoms with Gasteiger partial charge < -0.3 is 10.4 Å². The predicted molar refractivity (Wildman–Crippen MR) is 104 cm³/mol. The van der Waals surface area contributed by atoms with Gasteiger partial charge in [-0.15, -0.1) is 0 Å². The van der Waals surface area contributed by atoms with Crippen LogP contribution in [0.4, 0.5) is 5.69 Å². The van der Waals surface area contributed by atoms with E-state index in [0.29, 0.717) is 6.42 Å². The van der Waals surface area contributed by atoms with E-state index in [9.17, 15) is 34.4 Å². The van der Waals surface area contributed by atoms with Gasteiger partial charge >= 0.3 is 5.97 Å². The van der Waals surface area contributed by atoms with Gasteiger partial charge in [0.25, 0.3) is 17.5 Å². The summed E-state index contributed by atoms with van der Waals surface area (Å²) in [4.78, 5) is 59.7. The summed E-state index contributed by atoms with van der Waals surface area (Å²) < 4.78 is 0. The second-order valence-electron chi connectivity index (χ2n) is 7.62. The number of carboxylic acid groups (broad SMARTS) is 1. The molecule has 1 heterocycles. The van der Waals surface area contributed by atoms with Crippen LogP contribution >= 0.6 is 0 Å². The minimum atomic E-state index is -0.839. The fourth-order valence-electron chi connectivity index (χ4n) is 4.18. The molecule has 160 valence electrons. The molecule has 1 aliphatic carbocycles. The SMILES string of the molecule is O=C(CCCN1C(=O)c2cccc([N+](=O)[O-])c2C1=O)NC[C@@H]1CCCC[C@@H]1C(=O)O. The summed E-state index contributed by atoms with van der Waals surface area (Å²) in [5, 5.41) is 23.2. The van der Waals surface area contributed by atoms with Crippen LogP contribution in [0.5, 0.6) is 0 Å². The van der Waals surface area contributed by atoms with Gasteiger partial charge in [0.15, 0.2) is 0 Å². The molecule has 1 aromatic carbocycles. The molecule has 0 aromatic heterocycles. The number of carboxylic acids is 1. The standard InChI is InChI=1S/C20H23N3O7/c24-16(21-11-12-5-1-2-6-13(12)20(27)28)9-4-10-22-18(25)14-7-3-8-15(23(29)30)17(14)19(22)26/h3,7-8,12-13H,1-2,4-6,9-11H2,(H,21,24)(H,27,28)/t12-,13-/m0/s1. The summed E-state index contributed by atoms with van der Waals surface area (Å²) in [6.45, 7) is 0.257. The Hall–Kier alpha value is -3.30. The Bertz CT molecular complexity index is 898. The first kappa shape index (κ1) is 21.4. The normalized spacial score (nSPS) is 20.7. The Labute approximate surface area is 172 Å². The first-order valence-electron chi connectivity index (χ1n) is 9.94. The van der Waals surface area contributed by atoms with Crippen molar-refractivity contribution in [1.29, 1.82) is 0 Å². The van der Waals surface area contributed by atoms with Crippen molar-refractivity contribution in [3.05, 3.63) is 39.4 Å². The minimum absolute atomic E-state index is 0.00402. The first-order valence-corrected chi connectivity index (χ1v) is 9.94. The number of imide groups is 1. The summed E-state index contributed by atoms with van der Waals surface area (Å²) in [7, 11) is 0. The van der Waals surface area contributed by atoms with Gasteiger partial charge in [-0.2, -0.15) is 0 Å².